The number of hydrogen-bond acceptors (Lipinski definition) is 3. The van der Waals surface area contributed by atoms with E-state index in [1.54, 1.807) is 24.4 Å². The maximum atomic E-state index is 8.68. The molecule has 0 spiro atoms. The third kappa shape index (κ3) is 7.57. The molecule has 0 saturated carbocycles. The Labute approximate surface area is 336 Å². The molecule has 0 aliphatic rings. The van der Waals surface area contributed by atoms with Gasteiger partial charge in [-0.15, -0.1) is 47.5 Å². The van der Waals surface area contributed by atoms with Crippen LogP contribution < -0.4 is 0 Å². The monoisotopic (exact) mass is 873 g/mol. The fourth-order valence-electron chi connectivity index (χ4n) is 6.56. The molecule has 0 atom stereocenters. The third-order valence-corrected chi connectivity index (χ3v) is 8.91. The van der Waals surface area contributed by atoms with E-state index in [9.17, 15) is 0 Å². The van der Waals surface area contributed by atoms with E-state index in [2.05, 4.69) is 70.6 Å². The summed E-state index contributed by atoms with van der Waals surface area (Å²) in [7, 11) is 0. The van der Waals surface area contributed by atoms with Crippen molar-refractivity contribution in [2.24, 2.45) is 5.41 Å². The van der Waals surface area contributed by atoms with E-state index in [-0.39, 0.29) is 31.2 Å². The van der Waals surface area contributed by atoms with Gasteiger partial charge in [0, 0.05) is 48.9 Å². The van der Waals surface area contributed by atoms with Gasteiger partial charge in [-0.05, 0) is 80.9 Å². The molecule has 3 heterocycles. The molecule has 1 radical (unpaired) electrons. The van der Waals surface area contributed by atoms with Gasteiger partial charge in [0.25, 0.3) is 0 Å². The molecule has 0 bridgehead atoms. The van der Waals surface area contributed by atoms with Gasteiger partial charge in [-0.25, -0.2) is 0 Å². The van der Waals surface area contributed by atoms with Crippen LogP contribution in [-0.2, 0) is 26.5 Å². The van der Waals surface area contributed by atoms with Crippen LogP contribution in [0.15, 0.2) is 144 Å². The van der Waals surface area contributed by atoms with Crippen LogP contribution in [0.3, 0.4) is 0 Å². The first kappa shape index (κ1) is 27.2. The van der Waals surface area contributed by atoms with Gasteiger partial charge in [0.05, 0.1) is 5.58 Å². The molecule has 3 nitrogen and oxygen atoms in total. The predicted octanol–water partition coefficient (Wildman–Crippen LogP) is 13.2. The van der Waals surface area contributed by atoms with Gasteiger partial charge in [-0.2, -0.15) is 0 Å². The van der Waals surface area contributed by atoms with Crippen molar-refractivity contribution in [2.75, 3.05) is 0 Å². The smallest absolute Gasteiger partial charge is 0.121 e. The zero-order valence-electron chi connectivity index (χ0n) is 37.4. The van der Waals surface area contributed by atoms with E-state index in [0.29, 0.717) is 28.1 Å². The number of benzene rings is 6. The molecule has 53 heavy (non-hydrogen) atoms. The molecule has 0 aliphatic carbocycles. The molecule has 9 rings (SSSR count). The number of nitrogens with zero attached hydrogens (tertiary/aromatic N) is 2. The summed E-state index contributed by atoms with van der Waals surface area (Å²) in [5.41, 5.74) is 5.87. The summed E-state index contributed by atoms with van der Waals surface area (Å²) < 4.78 is 69.3. The second-order valence-electron chi connectivity index (χ2n) is 13.8. The van der Waals surface area contributed by atoms with Crippen molar-refractivity contribution in [1.29, 1.82) is 0 Å². The molecule has 3 aromatic heterocycles. The van der Waals surface area contributed by atoms with Gasteiger partial charge < -0.3 is 14.4 Å². The molecule has 9 aromatic rings. The normalized spacial score (nSPS) is 14.4. The number of fused-ring (bicyclic) bond motifs is 6. The van der Waals surface area contributed by atoms with Gasteiger partial charge in [-0.3, -0.25) is 0 Å². The molecule has 263 valence electrons. The zero-order valence-corrected chi connectivity index (χ0v) is 31.8. The Morgan fingerprint density at radius 2 is 1.55 bits per heavy atom. The summed E-state index contributed by atoms with van der Waals surface area (Å²) in [5, 5.41) is 6.79. The van der Waals surface area contributed by atoms with Crippen molar-refractivity contribution in [3.63, 3.8) is 0 Å². The van der Waals surface area contributed by atoms with Gasteiger partial charge in [0.1, 0.15) is 5.58 Å². The van der Waals surface area contributed by atoms with Crippen molar-refractivity contribution in [2.45, 2.75) is 40.8 Å². The van der Waals surface area contributed by atoms with Crippen molar-refractivity contribution in [3.05, 3.63) is 169 Å². The van der Waals surface area contributed by atoms with Crippen LogP contribution in [-0.4, -0.2) is 9.97 Å². The Morgan fingerprint density at radius 1 is 0.717 bits per heavy atom. The Bertz CT molecular complexity index is 3020. The molecule has 0 amide bonds. The minimum atomic E-state index is -2.27. The van der Waals surface area contributed by atoms with Crippen LogP contribution in [0.25, 0.3) is 77.1 Å². The maximum Gasteiger partial charge on any atom is 0.121 e. The summed E-state index contributed by atoms with van der Waals surface area (Å²) in [6.45, 7) is 1.25. The summed E-state index contributed by atoms with van der Waals surface area (Å²) >= 11 is 0. The second-order valence-corrected chi connectivity index (χ2v) is 13.8. The van der Waals surface area contributed by atoms with Crippen molar-refractivity contribution >= 4 is 43.5 Å². The molecule has 0 saturated heterocycles. The minimum Gasteiger partial charge on any atom is -0.501 e. The van der Waals surface area contributed by atoms with Gasteiger partial charge in [0.15, 0.2) is 0 Å². The molecule has 0 fully saturated rings. The van der Waals surface area contributed by atoms with E-state index in [1.165, 1.54) is 34.5 Å². The molecule has 6 aromatic carbocycles. The van der Waals surface area contributed by atoms with E-state index in [4.69, 9.17) is 15.4 Å². The van der Waals surface area contributed by atoms with Crippen LogP contribution in [0.5, 0.6) is 0 Å². The number of aryl methyl sites for hydroxylation is 2. The third-order valence-electron chi connectivity index (χ3n) is 8.91. The van der Waals surface area contributed by atoms with E-state index in [0.717, 1.165) is 38.5 Å². The largest absolute Gasteiger partial charge is 0.501 e. The SMILES string of the molecule is [2H]C([2H])([2H])c1ccc(-c2[c-]cc(C([2H])([2H])[2H])c(-c3ccccc3)c2)nc1.[2H]C([2H])(c1ccnc(-c2[c-]ccc3c2oc2cc4c(ccc5ccccc54)cc23)c1)C(C)(C)C.[Ir]. The summed E-state index contributed by atoms with van der Waals surface area (Å²) in [4.78, 5) is 8.77. The van der Waals surface area contributed by atoms with Crippen LogP contribution in [0.4, 0.5) is 0 Å². The summed E-state index contributed by atoms with van der Waals surface area (Å²) in [6.07, 6.45) is 1.48. The molecular weight excluding hydrogens is 825 g/mol. The van der Waals surface area contributed by atoms with E-state index in [1.807, 2.05) is 69.3 Å². The van der Waals surface area contributed by atoms with Crippen molar-refractivity contribution < 1.29 is 35.5 Å². The molecular formula is C49H40IrN2O-2. The second kappa shape index (κ2) is 14.9. The molecule has 0 unspecified atom stereocenters. The fraction of sp³-hybridized carbons (Fsp3) is 0.143. The van der Waals surface area contributed by atoms with Crippen molar-refractivity contribution in [3.8, 4) is 33.6 Å². The van der Waals surface area contributed by atoms with Crippen LogP contribution >= 0.6 is 0 Å². The van der Waals surface area contributed by atoms with E-state index >= 15 is 0 Å². The molecule has 0 aliphatic heterocycles. The fourth-order valence-corrected chi connectivity index (χ4v) is 6.56. The summed E-state index contributed by atoms with van der Waals surface area (Å²) in [6, 6.07) is 46.3. The van der Waals surface area contributed by atoms with Crippen LogP contribution in [0, 0.1) is 31.3 Å². The summed E-state index contributed by atoms with van der Waals surface area (Å²) in [5.74, 6) is 0. The van der Waals surface area contributed by atoms with Gasteiger partial charge in [-0.1, -0.05) is 135 Å². The number of furan rings is 1. The zero-order chi connectivity index (χ0) is 42.6. The number of hydrogen-bond donors (Lipinski definition) is 0. The van der Waals surface area contributed by atoms with E-state index < -0.39 is 25.5 Å². The number of aromatic nitrogens is 2. The standard InChI is InChI=1S/C30H24NO.C19H16N.Ir/c1-30(2,3)18-19-13-14-31-27(15-19)24-10-6-9-23-26-16-21-12-11-20-7-4-5-8-22(20)25(21)17-28(26)32-29(23)24;1-14-8-11-19(20-13-14)17-10-9-15(2)18(12-17)16-6-4-3-5-7-16;/h4-9,11-17H,18H2,1-3H3;3-9,11-13H,1-2H3;/q2*-1;/i18D2;1D3,2D3;. The Hall–Kier alpha value is -5.41. The Kier molecular flexibility index (Phi) is 7.66. The average Bonchev–Trinajstić information content (AvgIpc) is 3.60. The van der Waals surface area contributed by atoms with Crippen molar-refractivity contribution in [1.82, 2.24) is 9.97 Å². The number of rotatable bonds is 4. The first-order valence-corrected chi connectivity index (χ1v) is 17.1. The van der Waals surface area contributed by atoms with Crippen LogP contribution in [0.2, 0.25) is 0 Å². The number of pyridine rings is 2. The van der Waals surface area contributed by atoms with Gasteiger partial charge >= 0.3 is 0 Å². The Morgan fingerprint density at radius 3 is 2.34 bits per heavy atom. The Balaban J connectivity index is 0.000000188. The topological polar surface area (TPSA) is 38.9 Å². The first-order chi connectivity index (χ1) is 28.4. The maximum absolute atomic E-state index is 8.68. The average molecular weight is 873 g/mol. The first-order valence-electron chi connectivity index (χ1n) is 21.1. The predicted molar refractivity (Wildman–Crippen MR) is 217 cm³/mol. The minimum absolute atomic E-state index is 0. The molecule has 0 N–H and O–H groups in total. The quantitative estimate of drug-likeness (QED) is 0.131. The molecule has 4 heteroatoms. The van der Waals surface area contributed by atoms with Gasteiger partial charge in [0.2, 0.25) is 0 Å². The van der Waals surface area contributed by atoms with Crippen LogP contribution in [0.1, 0.15) is 48.4 Å².